The summed E-state index contributed by atoms with van der Waals surface area (Å²) in [6.45, 7) is 14.3. The van der Waals surface area contributed by atoms with E-state index in [-0.39, 0.29) is 16.8 Å². The quantitative estimate of drug-likeness (QED) is 0.487. The summed E-state index contributed by atoms with van der Waals surface area (Å²) < 4.78 is 7.38. The van der Waals surface area contributed by atoms with Gasteiger partial charge in [0.25, 0.3) is 0 Å². The van der Waals surface area contributed by atoms with Crippen molar-refractivity contribution in [3.63, 3.8) is 0 Å². The Morgan fingerprint density at radius 2 is 1.74 bits per heavy atom. The second-order valence-electron chi connectivity index (χ2n) is 12.0. The number of aromatic nitrogens is 4. The highest BCUT2D eigenvalue weighted by Gasteiger charge is 2.39. The van der Waals surface area contributed by atoms with E-state index < -0.39 is 0 Å². The van der Waals surface area contributed by atoms with Gasteiger partial charge in [-0.1, -0.05) is 6.07 Å². The third-order valence-electron chi connectivity index (χ3n) is 7.72. The van der Waals surface area contributed by atoms with Gasteiger partial charge >= 0.3 is 0 Å². The van der Waals surface area contributed by atoms with Crippen molar-refractivity contribution in [3.05, 3.63) is 42.7 Å². The van der Waals surface area contributed by atoms with Crippen LogP contribution in [0.5, 0.6) is 5.75 Å². The van der Waals surface area contributed by atoms with Gasteiger partial charge in [0.2, 0.25) is 0 Å². The van der Waals surface area contributed by atoms with Crippen molar-refractivity contribution in [3.8, 4) is 28.1 Å². The first kappa shape index (κ1) is 26.6. The van der Waals surface area contributed by atoms with E-state index in [4.69, 9.17) is 4.74 Å². The normalized spacial score (nSPS) is 19.9. The van der Waals surface area contributed by atoms with Crippen LogP contribution in [-0.2, 0) is 11.3 Å². The average Bonchev–Trinajstić information content (AvgIpc) is 3.35. The topological polar surface area (TPSA) is 91.6 Å². The number of phenolic OH excluding ortho intramolecular Hbond substituents is 1. The number of benzene rings is 1. The zero-order valence-electron chi connectivity index (χ0n) is 23.3. The molecule has 2 aromatic heterocycles. The van der Waals surface area contributed by atoms with Gasteiger partial charge in [-0.05, 0) is 70.4 Å². The van der Waals surface area contributed by atoms with E-state index >= 15 is 0 Å². The molecule has 2 aliphatic heterocycles. The molecular formula is C29H41N7O2. The number of anilines is 1. The van der Waals surface area contributed by atoms with Gasteiger partial charge in [0.05, 0.1) is 31.6 Å². The van der Waals surface area contributed by atoms with Gasteiger partial charge < -0.3 is 20.1 Å². The number of aromatic hydroxyl groups is 1. The molecule has 0 spiro atoms. The molecule has 0 unspecified atom stereocenters. The highest BCUT2D eigenvalue weighted by Crippen LogP contribution is 2.35. The number of rotatable bonds is 7. The fraction of sp³-hybridized carbons (Fsp3) is 0.552. The summed E-state index contributed by atoms with van der Waals surface area (Å²) in [5.74, 6) is 1.02. The van der Waals surface area contributed by atoms with Gasteiger partial charge in [0.15, 0.2) is 5.82 Å². The van der Waals surface area contributed by atoms with Crippen LogP contribution in [0, 0.1) is 0 Å². The molecule has 0 saturated carbocycles. The maximum Gasteiger partial charge on any atom is 0.151 e. The summed E-state index contributed by atoms with van der Waals surface area (Å²) in [6.07, 6.45) is 5.94. The molecule has 2 saturated heterocycles. The van der Waals surface area contributed by atoms with Crippen LogP contribution >= 0.6 is 0 Å². The summed E-state index contributed by atoms with van der Waals surface area (Å²) >= 11 is 0. The molecule has 0 amide bonds. The van der Waals surface area contributed by atoms with E-state index in [1.807, 2.05) is 41.3 Å². The Bertz CT molecular complexity index is 1220. The molecule has 9 heteroatoms. The Hall–Kier alpha value is -3.01. The van der Waals surface area contributed by atoms with Crippen LogP contribution in [0.4, 0.5) is 5.82 Å². The maximum atomic E-state index is 10.9. The second-order valence-corrected chi connectivity index (χ2v) is 12.0. The number of morpholine rings is 1. The van der Waals surface area contributed by atoms with Crippen LogP contribution in [-0.4, -0.2) is 87.0 Å². The molecule has 4 heterocycles. The molecule has 38 heavy (non-hydrogen) atoms. The van der Waals surface area contributed by atoms with Crippen LogP contribution in [0.15, 0.2) is 42.7 Å². The highest BCUT2D eigenvalue weighted by atomic mass is 16.5. The van der Waals surface area contributed by atoms with Crippen LogP contribution in [0.25, 0.3) is 22.4 Å². The Morgan fingerprint density at radius 3 is 2.39 bits per heavy atom. The van der Waals surface area contributed by atoms with Crippen molar-refractivity contribution >= 4 is 5.82 Å². The minimum absolute atomic E-state index is 0.0564. The first-order valence-corrected chi connectivity index (χ1v) is 13.6. The lowest BCUT2D eigenvalue weighted by atomic mass is 9.79. The Morgan fingerprint density at radius 1 is 1.00 bits per heavy atom. The van der Waals surface area contributed by atoms with E-state index in [2.05, 4.69) is 65.2 Å². The SMILES string of the molecule is CN(c1ccc(-c2ccc(-c3cnn(CCN4CCOCC4)c3)cc2O)nn1)C1CC(C)(C)NC(C)(C)C1. The lowest BCUT2D eigenvalue weighted by Crippen LogP contribution is -2.62. The number of ether oxygens (including phenoxy) is 1. The number of nitrogens with one attached hydrogen (secondary N) is 1. The van der Waals surface area contributed by atoms with Crippen molar-refractivity contribution in [2.45, 2.75) is 64.2 Å². The van der Waals surface area contributed by atoms with Gasteiger partial charge in [-0.2, -0.15) is 5.10 Å². The second kappa shape index (κ2) is 10.6. The molecule has 0 aliphatic carbocycles. The van der Waals surface area contributed by atoms with Crippen molar-refractivity contribution < 1.29 is 9.84 Å². The van der Waals surface area contributed by atoms with E-state index in [0.717, 1.165) is 69.2 Å². The molecule has 2 fully saturated rings. The number of phenols is 1. The van der Waals surface area contributed by atoms with Crippen LogP contribution in [0.3, 0.4) is 0 Å². The number of nitrogens with zero attached hydrogens (tertiary/aromatic N) is 6. The van der Waals surface area contributed by atoms with Crippen molar-refractivity contribution in [1.82, 2.24) is 30.2 Å². The van der Waals surface area contributed by atoms with Crippen molar-refractivity contribution in [1.29, 1.82) is 0 Å². The third kappa shape index (κ3) is 6.17. The monoisotopic (exact) mass is 519 g/mol. The summed E-state index contributed by atoms with van der Waals surface area (Å²) in [7, 11) is 2.10. The lowest BCUT2D eigenvalue weighted by molar-refractivity contribution is 0.0360. The number of hydrogen-bond donors (Lipinski definition) is 2. The number of piperidine rings is 1. The predicted octanol–water partition coefficient (Wildman–Crippen LogP) is 3.79. The molecule has 3 aromatic rings. The minimum atomic E-state index is 0.0564. The molecule has 0 bridgehead atoms. The maximum absolute atomic E-state index is 10.9. The molecular weight excluding hydrogens is 478 g/mol. The highest BCUT2D eigenvalue weighted by molar-refractivity contribution is 5.74. The first-order valence-electron chi connectivity index (χ1n) is 13.6. The molecule has 9 nitrogen and oxygen atoms in total. The zero-order chi connectivity index (χ0) is 26.9. The van der Waals surface area contributed by atoms with E-state index in [1.165, 1.54) is 0 Å². The molecule has 0 radical (unpaired) electrons. The van der Waals surface area contributed by atoms with Crippen LogP contribution in [0.1, 0.15) is 40.5 Å². The van der Waals surface area contributed by atoms with Gasteiger partial charge in [-0.3, -0.25) is 9.58 Å². The molecule has 1 aromatic carbocycles. The Labute approximate surface area is 225 Å². The standard InChI is InChI=1S/C29H41N7O2/c1-28(2)17-23(18-29(3,4)33-28)34(5)27-9-8-25(31-32-27)24-7-6-21(16-26(24)37)22-19-30-36(20-22)11-10-35-12-14-38-15-13-35/h6-9,16,19-20,23,33,37H,10-15,17-18H2,1-5H3. The van der Waals surface area contributed by atoms with Crippen molar-refractivity contribution in [2.75, 3.05) is 44.8 Å². The molecule has 0 atom stereocenters. The van der Waals surface area contributed by atoms with E-state index in [1.54, 1.807) is 6.07 Å². The molecule has 2 N–H and O–H groups in total. The van der Waals surface area contributed by atoms with E-state index in [0.29, 0.717) is 17.3 Å². The van der Waals surface area contributed by atoms with Gasteiger partial charge in [0, 0.05) is 61.1 Å². The van der Waals surface area contributed by atoms with E-state index in [9.17, 15) is 5.11 Å². The first-order chi connectivity index (χ1) is 18.1. The summed E-state index contributed by atoms with van der Waals surface area (Å²) in [4.78, 5) is 4.63. The number of hydrogen-bond acceptors (Lipinski definition) is 8. The van der Waals surface area contributed by atoms with Gasteiger partial charge in [0.1, 0.15) is 5.75 Å². The lowest BCUT2D eigenvalue weighted by Gasteiger charge is -2.49. The molecule has 204 valence electrons. The van der Waals surface area contributed by atoms with Gasteiger partial charge in [-0.25, -0.2) is 0 Å². The summed E-state index contributed by atoms with van der Waals surface area (Å²) in [5.41, 5.74) is 3.33. The molecule has 5 rings (SSSR count). The fourth-order valence-electron chi connectivity index (χ4n) is 6.02. The molecule has 2 aliphatic rings. The van der Waals surface area contributed by atoms with Crippen LogP contribution in [0.2, 0.25) is 0 Å². The largest absolute Gasteiger partial charge is 0.507 e. The summed E-state index contributed by atoms with van der Waals surface area (Å²) in [6, 6.07) is 9.98. The fourth-order valence-corrected chi connectivity index (χ4v) is 6.02. The smallest absolute Gasteiger partial charge is 0.151 e. The Kier molecular flexibility index (Phi) is 7.44. The van der Waals surface area contributed by atoms with Crippen LogP contribution < -0.4 is 10.2 Å². The Balaban J connectivity index is 1.25. The predicted molar refractivity (Wildman–Crippen MR) is 150 cm³/mol. The minimum Gasteiger partial charge on any atom is -0.507 e. The third-order valence-corrected chi connectivity index (χ3v) is 7.72. The van der Waals surface area contributed by atoms with Crippen molar-refractivity contribution in [2.24, 2.45) is 0 Å². The summed E-state index contributed by atoms with van der Waals surface area (Å²) in [5, 5.41) is 28.1. The average molecular weight is 520 g/mol. The van der Waals surface area contributed by atoms with Gasteiger partial charge in [-0.15, -0.1) is 10.2 Å². The zero-order valence-corrected chi connectivity index (χ0v) is 23.3.